The lowest BCUT2D eigenvalue weighted by Gasteiger charge is -2.36. The fourth-order valence-electron chi connectivity index (χ4n) is 9.72. The third-order valence-electron chi connectivity index (χ3n) is 12.2. The van der Waals surface area contributed by atoms with Gasteiger partial charge in [0.1, 0.15) is 5.75 Å². The Morgan fingerprint density at radius 1 is 0.271 bits per heavy atom. The van der Waals surface area contributed by atoms with E-state index in [1.165, 1.54) is 36.3 Å². The highest BCUT2D eigenvalue weighted by Gasteiger charge is 2.45. The number of fused-ring (bicyclic) bond motifs is 2. The van der Waals surface area contributed by atoms with Gasteiger partial charge in [0.2, 0.25) is 0 Å². The third-order valence-corrected chi connectivity index (χ3v) is 21.8. The van der Waals surface area contributed by atoms with E-state index in [1.807, 2.05) is 0 Å². The molecule has 0 aromatic heterocycles. The predicted octanol–water partition coefficient (Wildman–Crippen LogP) is 8.12. The van der Waals surface area contributed by atoms with Crippen LogP contribution in [0.4, 0.5) is 0 Å². The van der Waals surface area contributed by atoms with Gasteiger partial charge in [0, 0.05) is 5.56 Å². The van der Waals surface area contributed by atoms with Gasteiger partial charge >= 0.3 is 0 Å². The molecule has 1 N–H and O–H groups in total. The summed E-state index contributed by atoms with van der Waals surface area (Å²) < 4.78 is 0. The molecule has 0 saturated carbocycles. The zero-order valence-electron chi connectivity index (χ0n) is 32.6. The first-order valence-corrected chi connectivity index (χ1v) is 24.3. The number of phenolic OH excluding ortho intramolecular Hbond substituents is 1. The number of hydrogen-bond acceptors (Lipinski definition) is 1. The lowest BCUT2D eigenvalue weighted by Crippen LogP contribution is -2.74. The lowest BCUT2D eigenvalue weighted by molar-refractivity contribution is 0.482. The van der Waals surface area contributed by atoms with Crippen LogP contribution in [0.1, 0.15) is 0 Å². The minimum Gasteiger partial charge on any atom is -0.507 e. The summed E-state index contributed by atoms with van der Waals surface area (Å²) >= 11 is 0. The fraction of sp³-hybridized carbons (Fsp3) is 0. The molecule has 0 bridgehead atoms. The highest BCUT2D eigenvalue weighted by molar-refractivity contribution is 7.21. The van der Waals surface area contributed by atoms with Crippen LogP contribution < -0.4 is 41.5 Å². The molecular weight excluding hydrogens is 745 g/mol. The van der Waals surface area contributed by atoms with Crippen molar-refractivity contribution in [2.45, 2.75) is 0 Å². The molecule has 0 amide bonds. The van der Waals surface area contributed by atoms with Crippen molar-refractivity contribution in [2.75, 3.05) is 0 Å². The van der Waals surface area contributed by atoms with Crippen LogP contribution in [0.5, 0.6) is 5.75 Å². The van der Waals surface area contributed by atoms with Crippen molar-refractivity contribution in [3.63, 3.8) is 0 Å². The van der Waals surface area contributed by atoms with Gasteiger partial charge in [-0.25, -0.2) is 0 Å². The second-order valence-corrected chi connectivity index (χ2v) is 22.9. The Morgan fingerprint density at radius 2 is 0.593 bits per heavy atom. The van der Waals surface area contributed by atoms with Crippen molar-refractivity contribution in [2.24, 2.45) is 0 Å². The van der Waals surface area contributed by atoms with Crippen molar-refractivity contribution >= 4 is 79.2 Å². The first-order valence-electron chi connectivity index (χ1n) is 20.3. The smallest absolute Gasteiger partial charge is 0.184 e. The molecule has 0 saturated heterocycles. The Bertz CT molecular complexity index is 2830. The number of phenols is 1. The molecular formula is C56H42OSi2. The number of hydrogen-bond donors (Lipinski definition) is 1. The van der Waals surface area contributed by atoms with Crippen molar-refractivity contribution < 1.29 is 5.11 Å². The summed E-state index contributed by atoms with van der Waals surface area (Å²) in [6.45, 7) is 0. The minimum absolute atomic E-state index is 0.334. The summed E-state index contributed by atoms with van der Waals surface area (Å²) in [6.07, 6.45) is 0. The van der Waals surface area contributed by atoms with Crippen LogP contribution >= 0.6 is 0 Å². The molecule has 10 aromatic carbocycles. The van der Waals surface area contributed by atoms with E-state index in [0.717, 1.165) is 37.9 Å². The zero-order chi connectivity index (χ0) is 39.7. The lowest BCUT2D eigenvalue weighted by atomic mass is 9.93. The number of rotatable bonds is 9. The minimum atomic E-state index is -3.14. The highest BCUT2D eigenvalue weighted by Crippen LogP contribution is 2.40. The Hall–Kier alpha value is -7.05. The summed E-state index contributed by atoms with van der Waals surface area (Å²) in [5.74, 6) is 0.334. The first-order chi connectivity index (χ1) is 29.2. The Balaban J connectivity index is 1.38. The Labute approximate surface area is 348 Å². The number of aromatic hydroxyl groups is 1. The van der Waals surface area contributed by atoms with Gasteiger partial charge < -0.3 is 5.11 Å². The maximum atomic E-state index is 13.6. The van der Waals surface area contributed by atoms with E-state index in [0.29, 0.717) is 5.75 Å². The van der Waals surface area contributed by atoms with Crippen LogP contribution in [-0.4, -0.2) is 21.3 Å². The molecule has 10 rings (SSSR count). The summed E-state index contributed by atoms with van der Waals surface area (Å²) in [5, 5.41) is 27.8. The molecule has 0 atom stereocenters. The summed E-state index contributed by atoms with van der Waals surface area (Å²) in [5.41, 5.74) is 1.90. The topological polar surface area (TPSA) is 20.2 Å². The maximum Gasteiger partial charge on any atom is 0.184 e. The molecule has 59 heavy (non-hydrogen) atoms. The molecule has 0 fully saturated rings. The van der Waals surface area contributed by atoms with E-state index in [-0.39, 0.29) is 0 Å². The van der Waals surface area contributed by atoms with E-state index in [4.69, 9.17) is 0 Å². The second-order valence-electron chi connectivity index (χ2n) is 15.3. The Kier molecular flexibility index (Phi) is 9.46. The van der Waals surface area contributed by atoms with Crippen LogP contribution in [0.25, 0.3) is 32.7 Å². The molecule has 3 heteroatoms. The van der Waals surface area contributed by atoms with Crippen LogP contribution in [0.2, 0.25) is 0 Å². The average Bonchev–Trinajstić information content (AvgIpc) is 3.32. The normalized spacial score (nSPS) is 11.8. The molecule has 1 nitrogen and oxygen atoms in total. The molecule has 0 aliphatic carbocycles. The molecule has 280 valence electrons. The highest BCUT2D eigenvalue weighted by atomic mass is 28.3. The maximum absolute atomic E-state index is 13.6. The molecule has 0 heterocycles. The largest absolute Gasteiger partial charge is 0.507 e. The van der Waals surface area contributed by atoms with E-state index in [1.54, 1.807) is 0 Å². The fourth-order valence-corrected chi connectivity index (χ4v) is 19.4. The van der Waals surface area contributed by atoms with Gasteiger partial charge in [0.25, 0.3) is 0 Å². The predicted molar refractivity (Wildman–Crippen MR) is 256 cm³/mol. The third kappa shape index (κ3) is 5.98. The van der Waals surface area contributed by atoms with Crippen LogP contribution in [-0.2, 0) is 0 Å². The molecule has 0 aliphatic rings. The molecule has 0 unspecified atom stereocenters. The van der Waals surface area contributed by atoms with E-state index in [9.17, 15) is 5.11 Å². The Morgan fingerprint density at radius 3 is 1.00 bits per heavy atom. The van der Waals surface area contributed by atoms with Crippen LogP contribution in [0, 0.1) is 0 Å². The van der Waals surface area contributed by atoms with Gasteiger partial charge in [-0.1, -0.05) is 249 Å². The average molecular weight is 787 g/mol. The quantitative estimate of drug-likeness (QED) is 0.116. The van der Waals surface area contributed by atoms with E-state index in [2.05, 4.69) is 249 Å². The van der Waals surface area contributed by atoms with Crippen molar-refractivity contribution in [1.82, 2.24) is 0 Å². The van der Waals surface area contributed by atoms with Gasteiger partial charge in [0.05, 0.1) is 0 Å². The molecule has 0 radical (unpaired) electrons. The molecule has 0 spiro atoms. The van der Waals surface area contributed by atoms with Crippen LogP contribution in [0.3, 0.4) is 0 Å². The summed E-state index contributed by atoms with van der Waals surface area (Å²) in [7, 11) is -6.09. The molecule has 0 aliphatic heterocycles. The van der Waals surface area contributed by atoms with Crippen molar-refractivity contribution in [1.29, 1.82) is 0 Å². The van der Waals surface area contributed by atoms with E-state index < -0.39 is 16.1 Å². The summed E-state index contributed by atoms with van der Waals surface area (Å²) in [6, 6.07) is 90.4. The standard InChI is InChI=1S/C56H42OSi2/c57-56-54(59(47-31-13-4-14-32-47,48-33-15-5-16-34-48)49-35-17-6-18-36-49)40-43-24-20-22-38-52(43)55(56)53-41-50(39-42-23-19-21-37-51(42)53)58(44-25-7-1-8-26-44,45-27-9-2-10-28-45)46-29-11-3-12-30-46/h1-41,57H. The zero-order valence-corrected chi connectivity index (χ0v) is 34.6. The van der Waals surface area contributed by atoms with Gasteiger partial charge in [0.15, 0.2) is 16.1 Å². The second kappa shape index (κ2) is 15.4. The van der Waals surface area contributed by atoms with Gasteiger partial charge in [-0.2, -0.15) is 0 Å². The van der Waals surface area contributed by atoms with Crippen LogP contribution in [0.15, 0.2) is 249 Å². The van der Waals surface area contributed by atoms with E-state index >= 15 is 0 Å². The van der Waals surface area contributed by atoms with Gasteiger partial charge in [-0.3, -0.25) is 0 Å². The van der Waals surface area contributed by atoms with Crippen molar-refractivity contribution in [3.8, 4) is 16.9 Å². The van der Waals surface area contributed by atoms with Gasteiger partial charge in [-0.05, 0) is 68.6 Å². The summed E-state index contributed by atoms with van der Waals surface area (Å²) in [4.78, 5) is 0. The van der Waals surface area contributed by atoms with Crippen molar-refractivity contribution in [3.05, 3.63) is 249 Å². The monoisotopic (exact) mass is 786 g/mol. The number of benzene rings is 10. The molecule has 10 aromatic rings. The van der Waals surface area contributed by atoms with Gasteiger partial charge in [-0.15, -0.1) is 0 Å². The SMILES string of the molecule is Oc1c([Si](c2ccccc2)(c2ccccc2)c2ccccc2)cc2ccccc2c1-c1cc([Si](c2ccccc2)(c2ccccc2)c2ccccc2)cc2ccccc12. The first kappa shape index (κ1) is 36.3.